The predicted octanol–water partition coefficient (Wildman–Crippen LogP) is -1.18. The first-order valence-electron chi connectivity index (χ1n) is 4.21. The Labute approximate surface area is 88.9 Å². The van der Waals surface area contributed by atoms with Gasteiger partial charge in [-0.2, -0.15) is 4.84 Å². The average Bonchev–Trinajstić information content (AvgIpc) is 2.67. The van der Waals surface area contributed by atoms with Gasteiger partial charge in [-0.1, -0.05) is 12.0 Å². The summed E-state index contributed by atoms with van der Waals surface area (Å²) in [6.45, 7) is 2.83. The first-order chi connectivity index (χ1) is 6.99. The van der Waals surface area contributed by atoms with Gasteiger partial charge in [0.2, 0.25) is 10.4 Å². The summed E-state index contributed by atoms with van der Waals surface area (Å²) in [7, 11) is -3.60. The molecule has 0 aliphatic carbocycles. The molecule has 1 heterocycles. The second-order valence-corrected chi connectivity index (χ2v) is 3.55. The molecule has 8 heteroatoms. The molecule has 0 amide bonds. The fourth-order valence-corrected chi connectivity index (χ4v) is 0.577. The van der Waals surface area contributed by atoms with Gasteiger partial charge in [0.05, 0.1) is 13.3 Å². The Bertz CT molecular complexity index is 299. The van der Waals surface area contributed by atoms with Crippen LogP contribution in [0.25, 0.3) is 0 Å². The number of nitrogens with zero attached hydrogens (tertiary/aromatic N) is 1. The number of rotatable bonds is 4. The lowest BCUT2D eigenvalue weighted by atomic mass is 10.5. The Kier molecular flexibility index (Phi) is 7.09. The average molecular weight is 238 g/mol. The van der Waals surface area contributed by atoms with E-state index in [-0.39, 0.29) is 0 Å². The van der Waals surface area contributed by atoms with Gasteiger partial charge in [0.25, 0.3) is 0 Å². The summed E-state index contributed by atoms with van der Waals surface area (Å²) >= 11 is 0. The molecule has 88 valence electrons. The Morgan fingerprint density at radius 1 is 1.53 bits per heavy atom. The first-order valence-corrected chi connectivity index (χ1v) is 5.55. The van der Waals surface area contributed by atoms with Crippen molar-refractivity contribution in [3.63, 3.8) is 0 Å². The summed E-state index contributed by atoms with van der Waals surface area (Å²) < 4.78 is 31.0. The van der Waals surface area contributed by atoms with E-state index in [1.54, 1.807) is 6.21 Å². The Balaban J connectivity index is 0.000000288. The zero-order valence-corrected chi connectivity index (χ0v) is 9.36. The van der Waals surface area contributed by atoms with Crippen molar-refractivity contribution in [3.05, 3.63) is 12.3 Å². The quantitative estimate of drug-likeness (QED) is 0.491. The smallest absolute Gasteiger partial charge is 0.217 e. The molecule has 0 fully saturated rings. The molecular formula is C7H14N2O5S. The van der Waals surface area contributed by atoms with Crippen molar-refractivity contribution in [2.75, 3.05) is 13.7 Å². The molecule has 1 aliphatic rings. The van der Waals surface area contributed by atoms with Crippen molar-refractivity contribution in [3.8, 4) is 0 Å². The molecule has 0 aromatic heterocycles. The van der Waals surface area contributed by atoms with Crippen LogP contribution in [0.5, 0.6) is 0 Å². The lowest BCUT2D eigenvalue weighted by Gasteiger charge is -2.00. The number of hydrogen-bond donors (Lipinski definition) is 1. The summed E-state index contributed by atoms with van der Waals surface area (Å²) in [5.41, 5.74) is 0. The molecule has 0 saturated carbocycles. The molecule has 7 nitrogen and oxygen atoms in total. The molecule has 0 aromatic rings. The van der Waals surface area contributed by atoms with E-state index < -0.39 is 10.4 Å². The van der Waals surface area contributed by atoms with Crippen LogP contribution >= 0.6 is 0 Å². The van der Waals surface area contributed by atoms with E-state index in [0.717, 1.165) is 25.3 Å². The highest BCUT2D eigenvalue weighted by molar-refractivity contribution is 7.80. The zero-order valence-electron chi connectivity index (χ0n) is 8.54. The van der Waals surface area contributed by atoms with Gasteiger partial charge in [0.15, 0.2) is 6.20 Å². The molecular weight excluding hydrogens is 224 g/mol. The summed E-state index contributed by atoms with van der Waals surface area (Å²) in [6, 6.07) is 0. The van der Waals surface area contributed by atoms with Gasteiger partial charge < -0.3 is 4.55 Å². The maximum absolute atomic E-state index is 9.22. The number of allylic oxidation sites excluding steroid dienone is 1. The SMILES string of the molecule is CCCO[NH+]1C=CC=N1.COS(=O)(=O)[O-]. The third kappa shape index (κ3) is 9.50. The van der Waals surface area contributed by atoms with E-state index >= 15 is 0 Å². The molecule has 0 saturated heterocycles. The van der Waals surface area contributed by atoms with Crippen LogP contribution in [0, 0.1) is 0 Å². The maximum Gasteiger partial charge on any atom is 0.217 e. The minimum absolute atomic E-state index is 0.733. The highest BCUT2D eigenvalue weighted by atomic mass is 32.3. The normalized spacial score (nSPS) is 18.7. The Morgan fingerprint density at radius 3 is 2.47 bits per heavy atom. The molecule has 1 aliphatic heterocycles. The molecule has 15 heavy (non-hydrogen) atoms. The second kappa shape index (κ2) is 7.49. The maximum atomic E-state index is 9.22. The molecule has 0 aromatic carbocycles. The van der Waals surface area contributed by atoms with Gasteiger partial charge in [-0.3, -0.25) is 4.18 Å². The van der Waals surface area contributed by atoms with E-state index in [9.17, 15) is 13.0 Å². The van der Waals surface area contributed by atoms with Crippen LogP contribution in [0.15, 0.2) is 17.4 Å². The fraction of sp³-hybridized carbons (Fsp3) is 0.571. The van der Waals surface area contributed by atoms with E-state index in [1.807, 2.05) is 12.3 Å². The largest absolute Gasteiger partial charge is 0.726 e. The van der Waals surface area contributed by atoms with Crippen molar-refractivity contribution in [2.45, 2.75) is 13.3 Å². The summed E-state index contributed by atoms with van der Waals surface area (Å²) in [4.78, 5) is 5.18. The third-order valence-corrected chi connectivity index (χ3v) is 1.59. The summed E-state index contributed by atoms with van der Waals surface area (Å²) in [5, 5.41) is 4.66. The molecule has 1 unspecified atom stereocenters. The fourth-order valence-electron chi connectivity index (χ4n) is 0.577. The van der Waals surface area contributed by atoms with Crippen molar-refractivity contribution in [1.29, 1.82) is 0 Å². The van der Waals surface area contributed by atoms with Crippen LogP contribution in [0.1, 0.15) is 13.3 Å². The number of hydrogen-bond acceptors (Lipinski definition) is 6. The summed E-state index contributed by atoms with van der Waals surface area (Å²) in [5.74, 6) is 0. The lowest BCUT2D eigenvalue weighted by molar-refractivity contribution is -1.05. The molecule has 1 N–H and O–H groups in total. The van der Waals surface area contributed by atoms with Gasteiger partial charge >= 0.3 is 0 Å². The third-order valence-electron chi connectivity index (χ3n) is 1.18. The van der Waals surface area contributed by atoms with E-state index in [0.29, 0.717) is 0 Å². The molecule has 1 rings (SSSR count). The van der Waals surface area contributed by atoms with E-state index in [1.165, 1.54) is 0 Å². The molecule has 0 bridgehead atoms. The Hall–Kier alpha value is -0.800. The van der Waals surface area contributed by atoms with Crippen molar-refractivity contribution >= 4 is 16.6 Å². The second-order valence-electron chi connectivity index (χ2n) is 2.40. The van der Waals surface area contributed by atoms with Crippen LogP contribution in [0.4, 0.5) is 0 Å². The van der Waals surface area contributed by atoms with Crippen LogP contribution in [0.2, 0.25) is 0 Å². The predicted molar refractivity (Wildman–Crippen MR) is 51.5 cm³/mol. The van der Waals surface area contributed by atoms with Crippen LogP contribution in [0.3, 0.4) is 0 Å². The van der Waals surface area contributed by atoms with Crippen LogP contribution in [-0.2, 0) is 19.4 Å². The van der Waals surface area contributed by atoms with Crippen molar-refractivity contribution < 1.29 is 27.2 Å². The molecule has 0 radical (unpaired) electrons. The minimum atomic E-state index is -4.41. The summed E-state index contributed by atoms with van der Waals surface area (Å²) in [6.07, 6.45) is 6.48. The van der Waals surface area contributed by atoms with Gasteiger partial charge in [0.1, 0.15) is 6.61 Å². The Morgan fingerprint density at radius 2 is 2.13 bits per heavy atom. The van der Waals surface area contributed by atoms with Crippen LogP contribution < -0.4 is 5.17 Å². The van der Waals surface area contributed by atoms with Crippen molar-refractivity contribution in [2.24, 2.45) is 5.10 Å². The standard InChI is InChI=1S/C6H10N2O.CH4O4S/c1-2-6-9-8-5-3-4-7-8;1-5-6(2,3)4/h3-5H,2,6H2,1H3;1H3,(H,2,3,4). The number of quaternary nitrogens is 1. The molecule has 1 atom stereocenters. The van der Waals surface area contributed by atoms with Crippen molar-refractivity contribution in [1.82, 2.24) is 0 Å². The van der Waals surface area contributed by atoms with Gasteiger partial charge in [0, 0.05) is 6.08 Å². The lowest BCUT2D eigenvalue weighted by Crippen LogP contribution is -3.00. The monoisotopic (exact) mass is 238 g/mol. The minimum Gasteiger partial charge on any atom is -0.726 e. The first kappa shape index (κ1) is 14.2. The number of hydroxylamine groups is 1. The topological polar surface area (TPSA) is 92.5 Å². The van der Waals surface area contributed by atoms with E-state index in [4.69, 9.17) is 4.84 Å². The van der Waals surface area contributed by atoms with Crippen LogP contribution in [-0.4, -0.2) is 32.9 Å². The van der Waals surface area contributed by atoms with Gasteiger partial charge in [-0.25, -0.2) is 8.42 Å². The number of nitrogens with one attached hydrogen (secondary N) is 1. The van der Waals surface area contributed by atoms with E-state index in [2.05, 4.69) is 16.2 Å². The highest BCUT2D eigenvalue weighted by Crippen LogP contribution is 1.74. The highest BCUT2D eigenvalue weighted by Gasteiger charge is 2.03. The van der Waals surface area contributed by atoms with Gasteiger partial charge in [-0.05, 0) is 11.6 Å². The zero-order chi connectivity index (χ0) is 11.7. The molecule has 0 spiro atoms. The van der Waals surface area contributed by atoms with Gasteiger partial charge in [-0.15, -0.1) is 0 Å².